The third kappa shape index (κ3) is 2.87. The zero-order chi connectivity index (χ0) is 11.3. The van der Waals surface area contributed by atoms with Gasteiger partial charge in [-0.2, -0.15) is 0 Å². The largest absolute Gasteiger partial charge is 0.493 e. The summed E-state index contributed by atoms with van der Waals surface area (Å²) < 4.78 is 10.3. The lowest BCUT2D eigenvalue weighted by Gasteiger charge is -2.13. The minimum Gasteiger partial charge on any atom is -0.493 e. The number of hydrogen-bond donors (Lipinski definition) is 0. The van der Waals surface area contributed by atoms with Gasteiger partial charge in [-0.1, -0.05) is 6.07 Å². The van der Waals surface area contributed by atoms with Crippen molar-refractivity contribution >= 4 is 6.41 Å². The lowest BCUT2D eigenvalue weighted by atomic mass is 10.2. The Kier molecular flexibility index (Phi) is 3.97. The summed E-state index contributed by atoms with van der Waals surface area (Å²) in [5.41, 5.74) is 1.00. The number of methoxy groups -OCH3 is 2. The average molecular weight is 209 g/mol. The van der Waals surface area contributed by atoms with Crippen molar-refractivity contribution in [1.82, 2.24) is 4.90 Å². The van der Waals surface area contributed by atoms with E-state index in [-0.39, 0.29) is 0 Å². The maximum absolute atomic E-state index is 10.5. The molecule has 0 unspecified atom stereocenters. The quantitative estimate of drug-likeness (QED) is 0.686. The first-order valence-electron chi connectivity index (χ1n) is 4.57. The molecule has 0 fully saturated rings. The summed E-state index contributed by atoms with van der Waals surface area (Å²) in [6.45, 7) is 0.559. The van der Waals surface area contributed by atoms with Gasteiger partial charge in [-0.15, -0.1) is 0 Å². The molecule has 0 saturated carbocycles. The number of amides is 1. The minimum atomic E-state index is 0.559. The minimum absolute atomic E-state index is 0.559. The summed E-state index contributed by atoms with van der Waals surface area (Å²) in [5, 5.41) is 0. The van der Waals surface area contributed by atoms with Crippen LogP contribution in [0.2, 0.25) is 0 Å². The van der Waals surface area contributed by atoms with Gasteiger partial charge in [0, 0.05) is 13.6 Å². The van der Waals surface area contributed by atoms with Crippen molar-refractivity contribution in [3.63, 3.8) is 0 Å². The summed E-state index contributed by atoms with van der Waals surface area (Å²) in [6.07, 6.45) is 0.788. The van der Waals surface area contributed by atoms with Crippen LogP contribution < -0.4 is 9.47 Å². The van der Waals surface area contributed by atoms with E-state index in [2.05, 4.69) is 0 Å². The van der Waals surface area contributed by atoms with E-state index < -0.39 is 0 Å². The molecule has 0 N–H and O–H groups in total. The SMILES string of the molecule is COc1ccc(CN(C)C=O)cc1OC. The highest BCUT2D eigenvalue weighted by Crippen LogP contribution is 2.27. The molecule has 0 aliphatic rings. The van der Waals surface area contributed by atoms with E-state index in [1.165, 1.54) is 0 Å². The molecule has 0 aromatic heterocycles. The van der Waals surface area contributed by atoms with Crippen LogP contribution >= 0.6 is 0 Å². The zero-order valence-electron chi connectivity index (χ0n) is 9.19. The molecule has 4 nitrogen and oxygen atoms in total. The van der Waals surface area contributed by atoms with Gasteiger partial charge >= 0.3 is 0 Å². The zero-order valence-corrected chi connectivity index (χ0v) is 9.19. The lowest BCUT2D eigenvalue weighted by molar-refractivity contribution is -0.117. The molecular formula is C11H15NO3. The highest BCUT2D eigenvalue weighted by atomic mass is 16.5. The van der Waals surface area contributed by atoms with Crippen molar-refractivity contribution in [1.29, 1.82) is 0 Å². The third-order valence-corrected chi connectivity index (χ3v) is 2.06. The first kappa shape index (κ1) is 11.4. The molecule has 1 amide bonds. The fraction of sp³-hybridized carbons (Fsp3) is 0.364. The Morgan fingerprint density at radius 3 is 2.47 bits per heavy atom. The standard InChI is InChI=1S/C11H15NO3/c1-12(8-13)7-9-4-5-10(14-2)11(6-9)15-3/h4-6,8H,7H2,1-3H3. The fourth-order valence-corrected chi connectivity index (χ4v) is 1.30. The molecule has 1 aromatic rings. The number of rotatable bonds is 5. The number of ether oxygens (including phenoxy) is 2. The molecule has 0 heterocycles. The Balaban J connectivity index is 2.87. The van der Waals surface area contributed by atoms with Crippen molar-refractivity contribution in [2.45, 2.75) is 6.54 Å². The normalized spacial score (nSPS) is 9.53. The van der Waals surface area contributed by atoms with Crippen LogP contribution in [-0.2, 0) is 11.3 Å². The number of hydrogen-bond acceptors (Lipinski definition) is 3. The molecular weight excluding hydrogens is 194 g/mol. The van der Waals surface area contributed by atoms with E-state index >= 15 is 0 Å². The molecule has 4 heteroatoms. The van der Waals surface area contributed by atoms with Crippen LogP contribution in [0.4, 0.5) is 0 Å². The van der Waals surface area contributed by atoms with E-state index in [9.17, 15) is 4.79 Å². The van der Waals surface area contributed by atoms with Gasteiger partial charge in [-0.25, -0.2) is 0 Å². The Bertz CT molecular complexity index is 339. The van der Waals surface area contributed by atoms with Crippen LogP contribution in [0.5, 0.6) is 11.5 Å². The lowest BCUT2D eigenvalue weighted by Crippen LogP contribution is -2.14. The summed E-state index contributed by atoms with van der Waals surface area (Å²) >= 11 is 0. The fourth-order valence-electron chi connectivity index (χ4n) is 1.30. The van der Waals surface area contributed by atoms with Crippen LogP contribution in [0.25, 0.3) is 0 Å². The van der Waals surface area contributed by atoms with Gasteiger partial charge in [0.15, 0.2) is 11.5 Å². The highest BCUT2D eigenvalue weighted by Gasteiger charge is 2.05. The molecule has 0 aliphatic carbocycles. The molecule has 1 aromatic carbocycles. The molecule has 0 bridgehead atoms. The first-order chi connectivity index (χ1) is 7.21. The topological polar surface area (TPSA) is 38.8 Å². The predicted molar refractivity (Wildman–Crippen MR) is 57.1 cm³/mol. The molecule has 1 rings (SSSR count). The number of carbonyl (C=O) groups is 1. The monoisotopic (exact) mass is 209 g/mol. The maximum Gasteiger partial charge on any atom is 0.209 e. The smallest absolute Gasteiger partial charge is 0.209 e. The molecule has 0 atom stereocenters. The molecule has 0 spiro atoms. The van der Waals surface area contributed by atoms with Crippen molar-refractivity contribution in [2.75, 3.05) is 21.3 Å². The predicted octanol–water partition coefficient (Wildman–Crippen LogP) is 1.29. The van der Waals surface area contributed by atoms with Crippen molar-refractivity contribution in [3.05, 3.63) is 23.8 Å². The Hall–Kier alpha value is -1.71. The number of carbonyl (C=O) groups excluding carboxylic acids is 1. The van der Waals surface area contributed by atoms with E-state index in [0.717, 1.165) is 12.0 Å². The summed E-state index contributed by atoms with van der Waals surface area (Å²) in [4.78, 5) is 12.0. The van der Waals surface area contributed by atoms with Gasteiger partial charge in [0.2, 0.25) is 6.41 Å². The Morgan fingerprint density at radius 1 is 1.27 bits per heavy atom. The van der Waals surface area contributed by atoms with E-state index in [1.807, 2.05) is 18.2 Å². The number of nitrogens with zero attached hydrogens (tertiary/aromatic N) is 1. The van der Waals surface area contributed by atoms with E-state index in [4.69, 9.17) is 9.47 Å². The van der Waals surface area contributed by atoms with Crippen molar-refractivity contribution in [2.24, 2.45) is 0 Å². The maximum atomic E-state index is 10.5. The van der Waals surface area contributed by atoms with Gasteiger partial charge in [0.25, 0.3) is 0 Å². The molecule has 15 heavy (non-hydrogen) atoms. The van der Waals surface area contributed by atoms with Gasteiger partial charge in [0.1, 0.15) is 0 Å². The van der Waals surface area contributed by atoms with Gasteiger partial charge < -0.3 is 14.4 Å². The van der Waals surface area contributed by atoms with Crippen LogP contribution in [0.1, 0.15) is 5.56 Å². The molecule has 0 radical (unpaired) electrons. The van der Waals surface area contributed by atoms with E-state index in [1.54, 1.807) is 26.2 Å². The second kappa shape index (κ2) is 5.24. The van der Waals surface area contributed by atoms with Gasteiger partial charge in [-0.3, -0.25) is 4.79 Å². The third-order valence-electron chi connectivity index (χ3n) is 2.06. The van der Waals surface area contributed by atoms with Crippen molar-refractivity contribution < 1.29 is 14.3 Å². The van der Waals surface area contributed by atoms with Crippen molar-refractivity contribution in [3.8, 4) is 11.5 Å². The summed E-state index contributed by atoms with van der Waals surface area (Å²) in [6, 6.07) is 5.59. The van der Waals surface area contributed by atoms with Gasteiger partial charge in [0.05, 0.1) is 14.2 Å². The van der Waals surface area contributed by atoms with E-state index in [0.29, 0.717) is 18.0 Å². The second-order valence-electron chi connectivity index (χ2n) is 3.21. The van der Waals surface area contributed by atoms with Crippen LogP contribution in [0.3, 0.4) is 0 Å². The summed E-state index contributed by atoms with van der Waals surface area (Å²) in [7, 11) is 4.91. The van der Waals surface area contributed by atoms with Crippen LogP contribution in [0.15, 0.2) is 18.2 Å². The van der Waals surface area contributed by atoms with Crippen LogP contribution in [0, 0.1) is 0 Å². The molecule has 82 valence electrons. The van der Waals surface area contributed by atoms with Gasteiger partial charge in [-0.05, 0) is 17.7 Å². The van der Waals surface area contributed by atoms with Crippen LogP contribution in [-0.4, -0.2) is 32.6 Å². The average Bonchev–Trinajstić information content (AvgIpc) is 2.28. The Morgan fingerprint density at radius 2 is 1.93 bits per heavy atom. The first-order valence-corrected chi connectivity index (χ1v) is 4.57. The summed E-state index contributed by atoms with van der Waals surface area (Å²) in [5.74, 6) is 1.37. The number of benzene rings is 1. The Labute approximate surface area is 89.4 Å². The molecule has 0 aliphatic heterocycles. The highest BCUT2D eigenvalue weighted by molar-refractivity contribution is 5.48. The molecule has 0 saturated heterocycles. The second-order valence-corrected chi connectivity index (χ2v) is 3.21.